The summed E-state index contributed by atoms with van der Waals surface area (Å²) in [4.78, 5) is 2.44. The SMILES string of the molecule is OC1CCc2c1cccc2N1CCNCC1. The number of nitrogens with zero attached hydrogens (tertiary/aromatic N) is 1. The highest BCUT2D eigenvalue weighted by atomic mass is 16.3. The Kier molecular flexibility index (Phi) is 2.58. The molecule has 2 N–H and O–H groups in total. The molecule has 1 fully saturated rings. The molecule has 0 radical (unpaired) electrons. The highest BCUT2D eigenvalue weighted by Crippen LogP contribution is 2.37. The smallest absolute Gasteiger partial charge is 0.0796 e. The number of hydrogen-bond donors (Lipinski definition) is 2. The van der Waals surface area contributed by atoms with Gasteiger partial charge >= 0.3 is 0 Å². The zero-order valence-electron chi connectivity index (χ0n) is 9.45. The topological polar surface area (TPSA) is 35.5 Å². The fourth-order valence-electron chi connectivity index (χ4n) is 2.82. The van der Waals surface area contributed by atoms with Crippen molar-refractivity contribution < 1.29 is 5.11 Å². The molecule has 0 spiro atoms. The van der Waals surface area contributed by atoms with Crippen LogP contribution in [-0.2, 0) is 6.42 Å². The minimum atomic E-state index is -0.238. The average Bonchev–Trinajstić information content (AvgIpc) is 2.73. The minimum Gasteiger partial charge on any atom is -0.388 e. The van der Waals surface area contributed by atoms with E-state index in [0.29, 0.717) is 0 Å². The summed E-state index contributed by atoms with van der Waals surface area (Å²) in [5.41, 5.74) is 3.86. The summed E-state index contributed by atoms with van der Waals surface area (Å²) in [7, 11) is 0. The Morgan fingerprint density at radius 1 is 1.25 bits per heavy atom. The lowest BCUT2D eigenvalue weighted by Crippen LogP contribution is -2.43. The van der Waals surface area contributed by atoms with E-state index in [0.717, 1.165) is 44.6 Å². The third-order valence-electron chi connectivity index (χ3n) is 3.67. The second kappa shape index (κ2) is 4.07. The number of nitrogens with one attached hydrogen (secondary N) is 1. The largest absolute Gasteiger partial charge is 0.388 e. The van der Waals surface area contributed by atoms with E-state index in [-0.39, 0.29) is 6.10 Å². The van der Waals surface area contributed by atoms with Gasteiger partial charge in [-0.3, -0.25) is 0 Å². The highest BCUT2D eigenvalue weighted by Gasteiger charge is 2.24. The molecule has 3 rings (SSSR count). The molecule has 0 amide bonds. The standard InChI is InChI=1S/C13H18N2O/c16-13-5-4-10-11(13)2-1-3-12(10)15-8-6-14-7-9-15/h1-3,13-14,16H,4-9H2. The number of benzene rings is 1. The molecule has 16 heavy (non-hydrogen) atoms. The fourth-order valence-corrected chi connectivity index (χ4v) is 2.82. The molecule has 1 atom stereocenters. The van der Waals surface area contributed by atoms with Crippen molar-refractivity contribution in [1.29, 1.82) is 0 Å². The number of aliphatic hydroxyl groups excluding tert-OH is 1. The predicted molar refractivity (Wildman–Crippen MR) is 64.8 cm³/mol. The molecule has 86 valence electrons. The zero-order chi connectivity index (χ0) is 11.0. The van der Waals surface area contributed by atoms with Crippen molar-refractivity contribution in [3.05, 3.63) is 29.3 Å². The van der Waals surface area contributed by atoms with Gasteiger partial charge in [-0.15, -0.1) is 0 Å². The average molecular weight is 218 g/mol. The number of anilines is 1. The van der Waals surface area contributed by atoms with Gasteiger partial charge in [0.15, 0.2) is 0 Å². The quantitative estimate of drug-likeness (QED) is 0.740. The maximum Gasteiger partial charge on any atom is 0.0796 e. The maximum absolute atomic E-state index is 9.87. The number of piperazine rings is 1. The molecular weight excluding hydrogens is 200 g/mol. The van der Waals surface area contributed by atoms with Crippen LogP contribution >= 0.6 is 0 Å². The lowest BCUT2D eigenvalue weighted by molar-refractivity contribution is 0.180. The van der Waals surface area contributed by atoms with E-state index in [9.17, 15) is 5.11 Å². The van der Waals surface area contributed by atoms with Gasteiger partial charge in [0.05, 0.1) is 6.10 Å². The Hall–Kier alpha value is -1.06. The summed E-state index contributed by atoms with van der Waals surface area (Å²) in [6.07, 6.45) is 1.67. The van der Waals surface area contributed by atoms with Gasteiger partial charge in [0.1, 0.15) is 0 Å². The maximum atomic E-state index is 9.87. The van der Waals surface area contributed by atoms with Gasteiger partial charge in [0, 0.05) is 31.9 Å². The van der Waals surface area contributed by atoms with Crippen LogP contribution in [0.1, 0.15) is 23.7 Å². The number of hydrogen-bond acceptors (Lipinski definition) is 3. The Morgan fingerprint density at radius 2 is 2.06 bits per heavy atom. The lowest BCUT2D eigenvalue weighted by atomic mass is 10.1. The van der Waals surface area contributed by atoms with E-state index in [4.69, 9.17) is 0 Å². The van der Waals surface area contributed by atoms with Crippen LogP contribution in [0.2, 0.25) is 0 Å². The van der Waals surface area contributed by atoms with Crippen LogP contribution in [0.15, 0.2) is 18.2 Å². The van der Waals surface area contributed by atoms with Crippen molar-refractivity contribution in [2.75, 3.05) is 31.1 Å². The summed E-state index contributed by atoms with van der Waals surface area (Å²) in [6.45, 7) is 4.28. The first kappa shape index (κ1) is 10.1. The van der Waals surface area contributed by atoms with Crippen molar-refractivity contribution in [2.45, 2.75) is 18.9 Å². The molecule has 1 aromatic rings. The molecule has 1 saturated heterocycles. The van der Waals surface area contributed by atoms with Gasteiger partial charge in [-0.1, -0.05) is 12.1 Å². The number of rotatable bonds is 1. The van der Waals surface area contributed by atoms with Gasteiger partial charge in [-0.05, 0) is 30.0 Å². The number of fused-ring (bicyclic) bond motifs is 1. The molecule has 0 aromatic heterocycles. The molecule has 1 aliphatic carbocycles. The summed E-state index contributed by atoms with van der Waals surface area (Å²) >= 11 is 0. The summed E-state index contributed by atoms with van der Waals surface area (Å²) < 4.78 is 0. The van der Waals surface area contributed by atoms with E-state index in [2.05, 4.69) is 28.4 Å². The molecule has 0 bridgehead atoms. The predicted octanol–water partition coefficient (Wildman–Crippen LogP) is 1.08. The molecule has 1 heterocycles. The second-order valence-corrected chi connectivity index (χ2v) is 4.64. The van der Waals surface area contributed by atoms with E-state index >= 15 is 0 Å². The zero-order valence-corrected chi connectivity index (χ0v) is 9.45. The van der Waals surface area contributed by atoms with E-state index in [1.807, 2.05) is 0 Å². The van der Waals surface area contributed by atoms with Crippen LogP contribution < -0.4 is 10.2 Å². The van der Waals surface area contributed by atoms with Gasteiger partial charge in [0.25, 0.3) is 0 Å². The van der Waals surface area contributed by atoms with Crippen LogP contribution in [0.5, 0.6) is 0 Å². The van der Waals surface area contributed by atoms with E-state index in [1.165, 1.54) is 11.3 Å². The van der Waals surface area contributed by atoms with Crippen LogP contribution in [0.4, 0.5) is 5.69 Å². The van der Waals surface area contributed by atoms with Crippen molar-refractivity contribution in [1.82, 2.24) is 5.32 Å². The fraction of sp³-hybridized carbons (Fsp3) is 0.538. The highest BCUT2D eigenvalue weighted by molar-refractivity contribution is 5.59. The van der Waals surface area contributed by atoms with Crippen molar-refractivity contribution in [3.8, 4) is 0 Å². The van der Waals surface area contributed by atoms with Crippen LogP contribution in [-0.4, -0.2) is 31.3 Å². The summed E-state index contributed by atoms with van der Waals surface area (Å²) in [6, 6.07) is 6.34. The third-order valence-corrected chi connectivity index (χ3v) is 3.67. The van der Waals surface area contributed by atoms with Gasteiger partial charge < -0.3 is 15.3 Å². The van der Waals surface area contributed by atoms with Crippen molar-refractivity contribution in [2.24, 2.45) is 0 Å². The summed E-state index contributed by atoms with van der Waals surface area (Å²) in [5.74, 6) is 0. The first-order valence-corrected chi connectivity index (χ1v) is 6.12. The van der Waals surface area contributed by atoms with Gasteiger partial charge in [-0.25, -0.2) is 0 Å². The van der Waals surface area contributed by atoms with Crippen molar-refractivity contribution >= 4 is 5.69 Å². The Bertz CT molecular complexity index is 386. The first-order chi connectivity index (χ1) is 7.86. The van der Waals surface area contributed by atoms with E-state index in [1.54, 1.807) is 0 Å². The van der Waals surface area contributed by atoms with Gasteiger partial charge in [0.2, 0.25) is 0 Å². The number of aliphatic hydroxyl groups is 1. The monoisotopic (exact) mass is 218 g/mol. The first-order valence-electron chi connectivity index (χ1n) is 6.12. The normalized spacial score (nSPS) is 24.6. The van der Waals surface area contributed by atoms with Gasteiger partial charge in [-0.2, -0.15) is 0 Å². The minimum absolute atomic E-state index is 0.238. The molecule has 1 aromatic carbocycles. The molecule has 3 heteroatoms. The second-order valence-electron chi connectivity index (χ2n) is 4.64. The lowest BCUT2D eigenvalue weighted by Gasteiger charge is -2.31. The van der Waals surface area contributed by atoms with E-state index < -0.39 is 0 Å². The molecular formula is C13H18N2O. The van der Waals surface area contributed by atoms with Crippen LogP contribution in [0, 0.1) is 0 Å². The molecule has 2 aliphatic rings. The Morgan fingerprint density at radius 3 is 2.88 bits per heavy atom. The summed E-state index contributed by atoms with van der Waals surface area (Å²) in [5, 5.41) is 13.2. The third kappa shape index (κ3) is 1.60. The molecule has 1 aliphatic heterocycles. The van der Waals surface area contributed by atoms with Crippen LogP contribution in [0.25, 0.3) is 0 Å². The molecule has 0 saturated carbocycles. The Balaban J connectivity index is 1.95. The molecule has 1 unspecified atom stereocenters. The van der Waals surface area contributed by atoms with Crippen molar-refractivity contribution in [3.63, 3.8) is 0 Å². The molecule has 3 nitrogen and oxygen atoms in total. The Labute approximate surface area is 96.1 Å². The van der Waals surface area contributed by atoms with Crippen LogP contribution in [0.3, 0.4) is 0 Å².